The predicted molar refractivity (Wildman–Crippen MR) is 85.2 cm³/mol. The van der Waals surface area contributed by atoms with Gasteiger partial charge in [-0.15, -0.1) is 0 Å². The van der Waals surface area contributed by atoms with E-state index in [1.165, 1.54) is 16.7 Å². The van der Waals surface area contributed by atoms with Gasteiger partial charge in [0.1, 0.15) is 11.5 Å². The number of hydrogen-bond donors (Lipinski definition) is 0. The van der Waals surface area contributed by atoms with Crippen molar-refractivity contribution in [2.24, 2.45) is 0 Å². The minimum atomic E-state index is 0.312. The number of aryl methyl sites for hydroxylation is 1. The summed E-state index contributed by atoms with van der Waals surface area (Å²) >= 11 is 0. The molecule has 0 N–H and O–H groups in total. The third-order valence-electron chi connectivity index (χ3n) is 4.40. The molecule has 1 atom stereocenters. The summed E-state index contributed by atoms with van der Waals surface area (Å²) in [4.78, 5) is 4.58. The maximum absolute atomic E-state index is 6.34. The van der Waals surface area contributed by atoms with Crippen LogP contribution in [0.25, 0.3) is 10.9 Å². The quantitative estimate of drug-likeness (QED) is 0.619. The summed E-state index contributed by atoms with van der Waals surface area (Å²) < 4.78 is 6.34. The van der Waals surface area contributed by atoms with Crippen LogP contribution in [0.5, 0.6) is 11.5 Å². The number of aromatic nitrogens is 1. The number of benzene rings is 2. The Balaban J connectivity index is 2.00. The van der Waals surface area contributed by atoms with Gasteiger partial charge in [0.25, 0.3) is 0 Å². The molecule has 0 amide bonds. The van der Waals surface area contributed by atoms with Gasteiger partial charge in [0, 0.05) is 28.6 Å². The van der Waals surface area contributed by atoms with Crippen LogP contribution in [-0.4, -0.2) is 4.98 Å². The minimum Gasteiger partial charge on any atom is -0.456 e. The Hall–Kier alpha value is -2.35. The second-order valence-electron chi connectivity index (χ2n) is 5.57. The molecule has 104 valence electrons. The van der Waals surface area contributed by atoms with Gasteiger partial charge >= 0.3 is 0 Å². The van der Waals surface area contributed by atoms with E-state index < -0.39 is 0 Å². The highest BCUT2D eigenvalue weighted by Gasteiger charge is 2.27. The van der Waals surface area contributed by atoms with Crippen molar-refractivity contribution >= 4 is 10.9 Å². The Labute approximate surface area is 124 Å². The van der Waals surface area contributed by atoms with E-state index in [2.05, 4.69) is 43.1 Å². The predicted octanol–water partition coefficient (Wildman–Crippen LogP) is 5.05. The molecule has 0 bridgehead atoms. The van der Waals surface area contributed by atoms with Crippen molar-refractivity contribution in [2.75, 3.05) is 0 Å². The van der Waals surface area contributed by atoms with Crippen molar-refractivity contribution in [1.82, 2.24) is 4.98 Å². The number of para-hydroxylation sites is 2. The standard InChI is InChI=1S/C19H17NO/c1-3-13-7-6-9-14-12(2)16-11-20-17-10-5-4-8-15(17)19(16)21-18(13)14/h4-12H,3H2,1-2H3. The number of rotatable bonds is 1. The molecule has 0 fully saturated rings. The molecule has 2 aromatic carbocycles. The Bertz CT molecular complexity index is 838. The second kappa shape index (κ2) is 4.59. The van der Waals surface area contributed by atoms with E-state index in [0.29, 0.717) is 5.92 Å². The average molecular weight is 275 g/mol. The monoisotopic (exact) mass is 275 g/mol. The fourth-order valence-corrected chi connectivity index (χ4v) is 3.17. The van der Waals surface area contributed by atoms with Gasteiger partial charge in [0.2, 0.25) is 0 Å². The van der Waals surface area contributed by atoms with E-state index in [0.717, 1.165) is 28.8 Å². The molecular formula is C19H17NO. The summed E-state index contributed by atoms with van der Waals surface area (Å²) in [6, 6.07) is 14.6. The fraction of sp³-hybridized carbons (Fsp3) is 0.211. The van der Waals surface area contributed by atoms with E-state index in [-0.39, 0.29) is 0 Å². The molecule has 21 heavy (non-hydrogen) atoms. The molecule has 2 heterocycles. The average Bonchev–Trinajstić information content (AvgIpc) is 2.54. The maximum atomic E-state index is 6.34. The lowest BCUT2D eigenvalue weighted by Crippen LogP contribution is -2.10. The summed E-state index contributed by atoms with van der Waals surface area (Å²) in [5.41, 5.74) is 4.69. The van der Waals surface area contributed by atoms with Gasteiger partial charge < -0.3 is 4.74 Å². The lowest BCUT2D eigenvalue weighted by molar-refractivity contribution is 0.449. The number of fused-ring (bicyclic) bond motifs is 4. The molecule has 1 aromatic heterocycles. The van der Waals surface area contributed by atoms with Crippen molar-refractivity contribution in [1.29, 1.82) is 0 Å². The zero-order chi connectivity index (χ0) is 14.4. The lowest BCUT2D eigenvalue weighted by Gasteiger charge is -2.28. The van der Waals surface area contributed by atoms with Gasteiger partial charge in [-0.25, -0.2) is 0 Å². The third kappa shape index (κ3) is 1.75. The van der Waals surface area contributed by atoms with E-state index >= 15 is 0 Å². The van der Waals surface area contributed by atoms with E-state index in [1.807, 2.05) is 24.4 Å². The fourth-order valence-electron chi connectivity index (χ4n) is 3.17. The molecule has 4 rings (SSSR count). The highest BCUT2D eigenvalue weighted by Crippen LogP contribution is 2.47. The van der Waals surface area contributed by atoms with Crippen LogP contribution in [0.2, 0.25) is 0 Å². The maximum Gasteiger partial charge on any atom is 0.142 e. The summed E-state index contributed by atoms with van der Waals surface area (Å²) in [5, 5.41) is 1.10. The topological polar surface area (TPSA) is 22.1 Å². The highest BCUT2D eigenvalue weighted by atomic mass is 16.5. The zero-order valence-electron chi connectivity index (χ0n) is 12.3. The van der Waals surface area contributed by atoms with Crippen molar-refractivity contribution in [3.05, 3.63) is 65.4 Å². The second-order valence-corrected chi connectivity index (χ2v) is 5.57. The molecule has 3 aromatic rings. The van der Waals surface area contributed by atoms with Gasteiger partial charge in [-0.3, -0.25) is 4.98 Å². The zero-order valence-corrected chi connectivity index (χ0v) is 12.3. The van der Waals surface area contributed by atoms with Gasteiger partial charge in [-0.1, -0.05) is 44.2 Å². The SMILES string of the molecule is CCc1cccc2c1Oc1c(cnc3ccccc13)C2C. The van der Waals surface area contributed by atoms with Crippen LogP contribution in [0.15, 0.2) is 48.7 Å². The molecule has 2 nitrogen and oxygen atoms in total. The summed E-state index contributed by atoms with van der Waals surface area (Å²) in [7, 11) is 0. The van der Waals surface area contributed by atoms with Crippen LogP contribution in [0, 0.1) is 0 Å². The molecular weight excluding hydrogens is 258 g/mol. The van der Waals surface area contributed by atoms with E-state index in [4.69, 9.17) is 4.74 Å². The molecule has 0 spiro atoms. The number of hydrogen-bond acceptors (Lipinski definition) is 2. The third-order valence-corrected chi connectivity index (χ3v) is 4.40. The Morgan fingerprint density at radius 3 is 2.71 bits per heavy atom. The van der Waals surface area contributed by atoms with Crippen molar-refractivity contribution in [3.8, 4) is 11.5 Å². The largest absolute Gasteiger partial charge is 0.456 e. The van der Waals surface area contributed by atoms with Crippen LogP contribution in [0.1, 0.15) is 36.5 Å². The normalized spacial score (nSPS) is 16.2. The lowest BCUT2D eigenvalue weighted by atomic mass is 9.88. The Morgan fingerprint density at radius 1 is 1.00 bits per heavy atom. The Kier molecular flexibility index (Phi) is 2.71. The molecule has 2 heteroatoms. The smallest absolute Gasteiger partial charge is 0.142 e. The van der Waals surface area contributed by atoms with Crippen LogP contribution in [0.3, 0.4) is 0 Å². The van der Waals surface area contributed by atoms with Gasteiger partial charge in [-0.2, -0.15) is 0 Å². The van der Waals surface area contributed by atoms with Crippen LogP contribution in [0.4, 0.5) is 0 Å². The van der Waals surface area contributed by atoms with Crippen molar-refractivity contribution in [3.63, 3.8) is 0 Å². The first-order valence-electron chi connectivity index (χ1n) is 7.47. The van der Waals surface area contributed by atoms with Gasteiger partial charge in [0.05, 0.1) is 5.52 Å². The van der Waals surface area contributed by atoms with Gasteiger partial charge in [0.15, 0.2) is 0 Å². The number of pyridine rings is 1. The van der Waals surface area contributed by atoms with E-state index in [9.17, 15) is 0 Å². The van der Waals surface area contributed by atoms with Crippen LogP contribution < -0.4 is 4.74 Å². The molecule has 0 radical (unpaired) electrons. The van der Waals surface area contributed by atoms with Crippen LogP contribution in [-0.2, 0) is 6.42 Å². The first kappa shape index (κ1) is 12.4. The molecule has 1 unspecified atom stereocenters. The first-order chi connectivity index (χ1) is 10.3. The van der Waals surface area contributed by atoms with Gasteiger partial charge in [-0.05, 0) is 24.1 Å². The highest BCUT2D eigenvalue weighted by molar-refractivity contribution is 5.87. The summed E-state index contributed by atoms with van der Waals surface area (Å²) in [6.07, 6.45) is 2.94. The molecule has 0 saturated carbocycles. The molecule has 0 aliphatic carbocycles. The van der Waals surface area contributed by atoms with E-state index in [1.54, 1.807) is 0 Å². The minimum absolute atomic E-state index is 0.312. The number of ether oxygens (including phenoxy) is 1. The van der Waals surface area contributed by atoms with Crippen LogP contribution >= 0.6 is 0 Å². The number of nitrogens with zero attached hydrogens (tertiary/aromatic N) is 1. The molecule has 1 aliphatic rings. The first-order valence-corrected chi connectivity index (χ1v) is 7.47. The summed E-state index contributed by atoms with van der Waals surface area (Å²) in [5.74, 6) is 2.32. The molecule has 0 saturated heterocycles. The van der Waals surface area contributed by atoms with Crippen molar-refractivity contribution < 1.29 is 4.74 Å². The van der Waals surface area contributed by atoms with Crippen molar-refractivity contribution in [2.45, 2.75) is 26.2 Å². The summed E-state index contributed by atoms with van der Waals surface area (Å²) in [6.45, 7) is 4.40. The molecule has 1 aliphatic heterocycles. The Morgan fingerprint density at radius 2 is 1.86 bits per heavy atom.